The van der Waals surface area contributed by atoms with Crippen molar-refractivity contribution in [3.8, 4) is 0 Å². The number of hydrogen-bond donors (Lipinski definition) is 2. The third-order valence-corrected chi connectivity index (χ3v) is 1.83. The average Bonchev–Trinajstić information content (AvgIpc) is 2.06. The van der Waals surface area contributed by atoms with Gasteiger partial charge in [-0.15, -0.1) is 10.2 Å². The SMILES string of the molecule is Cc1nc(NCC(C)(C)O)nnc1Cl. The minimum absolute atomic E-state index is 0.291. The van der Waals surface area contributed by atoms with Gasteiger partial charge in [-0.2, -0.15) is 0 Å². The monoisotopic (exact) mass is 216 g/mol. The first-order valence-corrected chi connectivity index (χ1v) is 4.59. The van der Waals surface area contributed by atoms with E-state index in [0.29, 0.717) is 23.3 Å². The fraction of sp³-hybridized carbons (Fsp3) is 0.625. The predicted molar refractivity (Wildman–Crippen MR) is 54.4 cm³/mol. The number of aliphatic hydroxyl groups is 1. The van der Waals surface area contributed by atoms with Gasteiger partial charge in [-0.05, 0) is 20.8 Å². The first kappa shape index (κ1) is 11.1. The number of hydrogen-bond acceptors (Lipinski definition) is 5. The summed E-state index contributed by atoms with van der Waals surface area (Å²) in [6.45, 7) is 5.48. The summed E-state index contributed by atoms with van der Waals surface area (Å²) in [6.07, 6.45) is 0. The maximum atomic E-state index is 9.44. The van der Waals surface area contributed by atoms with E-state index in [-0.39, 0.29) is 0 Å². The van der Waals surface area contributed by atoms with Gasteiger partial charge in [0.05, 0.1) is 11.3 Å². The van der Waals surface area contributed by atoms with Crippen LogP contribution in [0.4, 0.5) is 5.95 Å². The maximum absolute atomic E-state index is 9.44. The second-order valence-corrected chi connectivity index (χ2v) is 4.04. The molecule has 0 saturated carbocycles. The molecule has 5 nitrogen and oxygen atoms in total. The van der Waals surface area contributed by atoms with Crippen LogP contribution in [-0.2, 0) is 0 Å². The van der Waals surface area contributed by atoms with Gasteiger partial charge in [-0.25, -0.2) is 4.98 Å². The first-order valence-electron chi connectivity index (χ1n) is 4.21. The molecule has 0 spiro atoms. The lowest BCUT2D eigenvalue weighted by molar-refractivity contribution is 0.0943. The molecule has 6 heteroatoms. The summed E-state index contributed by atoms with van der Waals surface area (Å²) < 4.78 is 0. The molecule has 1 aromatic rings. The minimum atomic E-state index is -0.809. The van der Waals surface area contributed by atoms with Crippen molar-refractivity contribution in [2.45, 2.75) is 26.4 Å². The molecule has 0 atom stereocenters. The highest BCUT2D eigenvalue weighted by atomic mass is 35.5. The molecule has 0 bridgehead atoms. The highest BCUT2D eigenvalue weighted by molar-refractivity contribution is 6.29. The number of nitrogens with zero attached hydrogens (tertiary/aromatic N) is 3. The Bertz CT molecular complexity index is 324. The van der Waals surface area contributed by atoms with Crippen molar-refractivity contribution in [3.63, 3.8) is 0 Å². The normalized spacial score (nSPS) is 11.5. The van der Waals surface area contributed by atoms with E-state index in [1.165, 1.54) is 0 Å². The maximum Gasteiger partial charge on any atom is 0.243 e. The van der Waals surface area contributed by atoms with Gasteiger partial charge < -0.3 is 10.4 Å². The lowest BCUT2D eigenvalue weighted by atomic mass is 10.1. The molecule has 0 aliphatic carbocycles. The van der Waals surface area contributed by atoms with Crippen molar-refractivity contribution in [2.75, 3.05) is 11.9 Å². The highest BCUT2D eigenvalue weighted by Gasteiger charge is 2.12. The Morgan fingerprint density at radius 1 is 1.43 bits per heavy atom. The first-order chi connectivity index (χ1) is 6.38. The van der Waals surface area contributed by atoms with Crippen LogP contribution >= 0.6 is 11.6 Å². The summed E-state index contributed by atoms with van der Waals surface area (Å²) in [5.41, 5.74) is -0.198. The van der Waals surface area contributed by atoms with Crippen molar-refractivity contribution >= 4 is 17.5 Å². The van der Waals surface area contributed by atoms with Crippen molar-refractivity contribution in [1.29, 1.82) is 0 Å². The number of halogens is 1. The van der Waals surface area contributed by atoms with Gasteiger partial charge in [0.2, 0.25) is 5.95 Å². The number of nitrogens with one attached hydrogen (secondary N) is 1. The smallest absolute Gasteiger partial charge is 0.243 e. The molecule has 0 unspecified atom stereocenters. The van der Waals surface area contributed by atoms with Gasteiger partial charge in [0.25, 0.3) is 0 Å². The number of anilines is 1. The van der Waals surface area contributed by atoms with Crippen LogP contribution in [0.15, 0.2) is 0 Å². The third-order valence-electron chi connectivity index (χ3n) is 1.48. The Balaban J connectivity index is 2.65. The zero-order valence-electron chi connectivity index (χ0n) is 8.37. The van der Waals surface area contributed by atoms with Gasteiger partial charge in [-0.1, -0.05) is 11.6 Å². The number of aromatic nitrogens is 3. The van der Waals surface area contributed by atoms with Crippen molar-refractivity contribution in [1.82, 2.24) is 15.2 Å². The van der Waals surface area contributed by atoms with Crippen LogP contribution in [0.3, 0.4) is 0 Å². The van der Waals surface area contributed by atoms with E-state index in [2.05, 4.69) is 20.5 Å². The quantitative estimate of drug-likeness (QED) is 0.790. The van der Waals surface area contributed by atoms with Crippen molar-refractivity contribution in [3.05, 3.63) is 10.8 Å². The predicted octanol–water partition coefficient (Wildman–Crippen LogP) is 1.02. The summed E-state index contributed by atoms with van der Waals surface area (Å²) in [4.78, 5) is 4.05. The van der Waals surface area contributed by atoms with Crippen LogP contribution in [-0.4, -0.2) is 32.4 Å². The Kier molecular flexibility index (Phi) is 3.23. The molecule has 14 heavy (non-hydrogen) atoms. The van der Waals surface area contributed by atoms with Gasteiger partial charge in [-0.3, -0.25) is 0 Å². The molecule has 78 valence electrons. The summed E-state index contributed by atoms with van der Waals surface area (Å²) in [5.74, 6) is 0.369. The molecule has 1 heterocycles. The standard InChI is InChI=1S/C8H13ClN4O/c1-5-6(9)12-13-7(11-5)10-4-8(2,3)14/h14H,4H2,1-3H3,(H,10,11,13). The fourth-order valence-corrected chi connectivity index (χ4v) is 0.841. The molecule has 1 aromatic heterocycles. The van der Waals surface area contributed by atoms with E-state index in [1.54, 1.807) is 20.8 Å². The van der Waals surface area contributed by atoms with Gasteiger partial charge in [0.15, 0.2) is 5.15 Å². The van der Waals surface area contributed by atoms with Crippen LogP contribution in [0.25, 0.3) is 0 Å². The summed E-state index contributed by atoms with van der Waals surface area (Å²) >= 11 is 5.66. The van der Waals surface area contributed by atoms with E-state index in [0.717, 1.165) is 0 Å². The largest absolute Gasteiger partial charge is 0.389 e. The third kappa shape index (κ3) is 3.43. The topological polar surface area (TPSA) is 70.9 Å². The van der Waals surface area contributed by atoms with Gasteiger partial charge in [0.1, 0.15) is 0 Å². The fourth-order valence-electron chi connectivity index (χ4n) is 0.761. The molecule has 0 aliphatic rings. The molecule has 0 amide bonds. The van der Waals surface area contributed by atoms with Crippen LogP contribution in [0, 0.1) is 6.92 Å². The van der Waals surface area contributed by atoms with Crippen LogP contribution in [0.5, 0.6) is 0 Å². The van der Waals surface area contributed by atoms with Crippen LogP contribution in [0.1, 0.15) is 19.5 Å². The van der Waals surface area contributed by atoms with Crippen molar-refractivity contribution < 1.29 is 5.11 Å². The van der Waals surface area contributed by atoms with Crippen LogP contribution in [0.2, 0.25) is 5.15 Å². The summed E-state index contributed by atoms with van der Waals surface area (Å²) in [5, 5.41) is 20.0. The summed E-state index contributed by atoms with van der Waals surface area (Å²) in [6, 6.07) is 0. The van der Waals surface area contributed by atoms with Crippen molar-refractivity contribution in [2.24, 2.45) is 0 Å². The molecule has 2 N–H and O–H groups in total. The lowest BCUT2D eigenvalue weighted by Gasteiger charge is -2.17. The van der Waals surface area contributed by atoms with E-state index in [1.807, 2.05) is 0 Å². The molecule has 0 aromatic carbocycles. The Morgan fingerprint density at radius 3 is 2.57 bits per heavy atom. The number of rotatable bonds is 3. The molecule has 0 fully saturated rings. The van der Waals surface area contributed by atoms with E-state index < -0.39 is 5.60 Å². The molecule has 0 radical (unpaired) electrons. The average molecular weight is 217 g/mol. The molecule has 0 saturated heterocycles. The highest BCUT2D eigenvalue weighted by Crippen LogP contribution is 2.09. The van der Waals surface area contributed by atoms with Gasteiger partial charge in [0, 0.05) is 6.54 Å². The minimum Gasteiger partial charge on any atom is -0.389 e. The Hall–Kier alpha value is -0.940. The zero-order chi connectivity index (χ0) is 10.8. The molecular formula is C8H13ClN4O. The van der Waals surface area contributed by atoms with Gasteiger partial charge >= 0.3 is 0 Å². The van der Waals surface area contributed by atoms with Crippen LogP contribution < -0.4 is 5.32 Å². The molecule has 1 rings (SSSR count). The second-order valence-electron chi connectivity index (χ2n) is 3.68. The molecule has 0 aliphatic heterocycles. The van der Waals surface area contributed by atoms with E-state index in [9.17, 15) is 5.11 Å². The lowest BCUT2D eigenvalue weighted by Crippen LogP contribution is -2.30. The summed E-state index contributed by atoms with van der Waals surface area (Å²) in [7, 11) is 0. The number of aryl methyl sites for hydroxylation is 1. The Labute approximate surface area is 87.5 Å². The second kappa shape index (κ2) is 4.06. The Morgan fingerprint density at radius 2 is 2.07 bits per heavy atom. The van der Waals surface area contributed by atoms with E-state index in [4.69, 9.17) is 11.6 Å². The molecular weight excluding hydrogens is 204 g/mol. The zero-order valence-corrected chi connectivity index (χ0v) is 9.13. The van der Waals surface area contributed by atoms with E-state index >= 15 is 0 Å².